The van der Waals surface area contributed by atoms with Gasteiger partial charge in [0.2, 0.25) is 0 Å². The molecule has 106 valence electrons. The molecule has 1 fully saturated rings. The average molecular weight is 265 g/mol. The van der Waals surface area contributed by atoms with Gasteiger partial charge in [-0.3, -0.25) is 16.0 Å². The zero-order valence-electron chi connectivity index (χ0n) is 11.2. The Morgan fingerprint density at radius 1 is 1.63 bits per heavy atom. The van der Waals surface area contributed by atoms with E-state index >= 15 is 0 Å². The second-order valence-corrected chi connectivity index (χ2v) is 5.41. The number of rotatable bonds is 7. The van der Waals surface area contributed by atoms with Crippen LogP contribution in [0.4, 0.5) is 0 Å². The molecule has 2 rings (SSSR count). The molecule has 5 atom stereocenters. The summed E-state index contributed by atoms with van der Waals surface area (Å²) in [6, 6.07) is -0.110. The van der Waals surface area contributed by atoms with E-state index in [1.807, 2.05) is 19.2 Å². The molecule has 0 saturated heterocycles. The summed E-state index contributed by atoms with van der Waals surface area (Å²) >= 11 is 0. The quantitative estimate of drug-likeness (QED) is 0.323. The van der Waals surface area contributed by atoms with Gasteiger partial charge in [-0.15, -0.1) is 0 Å². The van der Waals surface area contributed by atoms with Gasteiger partial charge in [-0.1, -0.05) is 13.0 Å². The second kappa shape index (κ2) is 5.50. The van der Waals surface area contributed by atoms with Crippen LogP contribution in [-0.2, 0) is 0 Å². The van der Waals surface area contributed by atoms with Gasteiger partial charge in [-0.25, -0.2) is 0 Å². The highest BCUT2D eigenvalue weighted by atomic mass is 16.3. The SMILES string of the molecule is CCC(N)C(CNC(N)O)C(=N)C12C=CN=CC1C2. The fourth-order valence-corrected chi connectivity index (χ4v) is 2.76. The maximum atomic E-state index is 9.14. The first kappa shape index (κ1) is 14.3. The Labute approximate surface area is 113 Å². The minimum Gasteiger partial charge on any atom is -0.366 e. The molecule has 2 aliphatic rings. The van der Waals surface area contributed by atoms with Gasteiger partial charge >= 0.3 is 0 Å². The smallest absolute Gasteiger partial charge is 0.157 e. The van der Waals surface area contributed by atoms with Crippen LogP contribution < -0.4 is 16.8 Å². The highest BCUT2D eigenvalue weighted by molar-refractivity contribution is 5.99. The molecule has 19 heavy (non-hydrogen) atoms. The first-order valence-electron chi connectivity index (χ1n) is 6.73. The van der Waals surface area contributed by atoms with Gasteiger partial charge in [0.15, 0.2) is 6.35 Å². The van der Waals surface area contributed by atoms with Crippen molar-refractivity contribution in [2.45, 2.75) is 32.2 Å². The van der Waals surface area contributed by atoms with Crippen LogP contribution in [0.15, 0.2) is 17.3 Å². The van der Waals surface area contributed by atoms with E-state index in [-0.39, 0.29) is 17.4 Å². The lowest BCUT2D eigenvalue weighted by Gasteiger charge is -2.29. The highest BCUT2D eigenvalue weighted by Crippen LogP contribution is 2.56. The standard InChI is InChI=1S/C13H23N5O/c1-2-10(14)9(7-18-12(16)19)11(15)13-3-4-17-6-8(13)5-13/h3-4,6,8-10,12,15,18-19H,2,5,7,14,16H2,1H3. The molecule has 0 spiro atoms. The summed E-state index contributed by atoms with van der Waals surface area (Å²) in [6.45, 7) is 2.43. The lowest BCUT2D eigenvalue weighted by Crippen LogP contribution is -2.48. The molecule has 6 heteroatoms. The molecule has 0 aromatic rings. The van der Waals surface area contributed by atoms with Crippen LogP contribution in [0.2, 0.25) is 0 Å². The fourth-order valence-electron chi connectivity index (χ4n) is 2.76. The normalized spacial score (nSPS) is 32.5. The van der Waals surface area contributed by atoms with Gasteiger partial charge in [0.05, 0.1) is 0 Å². The van der Waals surface area contributed by atoms with Crippen molar-refractivity contribution in [2.75, 3.05) is 6.54 Å². The van der Waals surface area contributed by atoms with Crippen LogP contribution in [0.1, 0.15) is 19.8 Å². The lowest BCUT2D eigenvalue weighted by molar-refractivity contribution is 0.139. The lowest BCUT2D eigenvalue weighted by atomic mass is 9.82. The molecule has 6 nitrogen and oxygen atoms in total. The molecule has 0 aromatic carbocycles. The van der Waals surface area contributed by atoms with E-state index in [0.29, 0.717) is 18.2 Å². The monoisotopic (exact) mass is 265 g/mol. The maximum absolute atomic E-state index is 9.14. The van der Waals surface area contributed by atoms with Gasteiger partial charge in [0.25, 0.3) is 0 Å². The number of fused-ring (bicyclic) bond motifs is 1. The minimum absolute atomic E-state index is 0.110. The molecule has 1 aliphatic carbocycles. The third-order valence-electron chi connectivity index (χ3n) is 4.19. The average Bonchev–Trinajstić information content (AvgIpc) is 3.13. The Balaban J connectivity index is 2.08. The largest absolute Gasteiger partial charge is 0.366 e. The summed E-state index contributed by atoms with van der Waals surface area (Å²) in [5.41, 5.74) is 11.9. The van der Waals surface area contributed by atoms with E-state index < -0.39 is 6.35 Å². The number of hydrogen-bond acceptors (Lipinski definition) is 6. The number of allylic oxidation sites excluding steroid dienone is 1. The summed E-state index contributed by atoms with van der Waals surface area (Å²) in [7, 11) is 0. The third kappa shape index (κ3) is 2.76. The number of nitrogens with two attached hydrogens (primary N) is 2. The van der Waals surface area contributed by atoms with Crippen molar-refractivity contribution >= 4 is 11.9 Å². The first-order chi connectivity index (χ1) is 9.01. The van der Waals surface area contributed by atoms with Crippen molar-refractivity contribution in [3.63, 3.8) is 0 Å². The van der Waals surface area contributed by atoms with Crippen LogP contribution in [0.25, 0.3) is 0 Å². The Kier molecular flexibility index (Phi) is 4.15. The molecular weight excluding hydrogens is 242 g/mol. The molecule has 0 aromatic heterocycles. The van der Waals surface area contributed by atoms with Gasteiger partial charge in [-0.05, 0) is 12.8 Å². The summed E-state index contributed by atoms with van der Waals surface area (Å²) in [5, 5.41) is 20.4. The number of aliphatic hydroxyl groups is 1. The molecular formula is C13H23N5O. The summed E-state index contributed by atoms with van der Waals surface area (Å²) < 4.78 is 0. The zero-order valence-corrected chi connectivity index (χ0v) is 11.2. The minimum atomic E-state index is -1.07. The first-order valence-corrected chi connectivity index (χ1v) is 6.73. The summed E-state index contributed by atoms with van der Waals surface area (Å²) in [5.74, 6) is 0.212. The van der Waals surface area contributed by atoms with Crippen LogP contribution in [0, 0.1) is 22.7 Å². The number of aliphatic hydroxyl groups excluding tert-OH is 1. The second-order valence-electron chi connectivity index (χ2n) is 5.41. The number of nitrogens with zero attached hydrogens (tertiary/aromatic N) is 1. The maximum Gasteiger partial charge on any atom is 0.157 e. The molecule has 1 saturated carbocycles. The van der Waals surface area contributed by atoms with E-state index in [2.05, 4.69) is 10.3 Å². The fraction of sp³-hybridized carbons (Fsp3) is 0.692. The Hall–Kier alpha value is -1.08. The van der Waals surface area contributed by atoms with Crippen LogP contribution in [-0.4, -0.2) is 36.0 Å². The molecule has 5 unspecified atom stereocenters. The molecule has 0 radical (unpaired) electrons. The van der Waals surface area contributed by atoms with E-state index in [1.54, 1.807) is 6.20 Å². The summed E-state index contributed by atoms with van der Waals surface area (Å²) in [4.78, 5) is 4.12. The van der Waals surface area contributed by atoms with E-state index in [1.165, 1.54) is 0 Å². The van der Waals surface area contributed by atoms with E-state index in [4.69, 9.17) is 22.0 Å². The van der Waals surface area contributed by atoms with E-state index in [0.717, 1.165) is 12.8 Å². The Bertz CT molecular complexity index is 406. The molecule has 1 heterocycles. The van der Waals surface area contributed by atoms with Crippen molar-refractivity contribution in [3.8, 4) is 0 Å². The molecule has 0 bridgehead atoms. The van der Waals surface area contributed by atoms with Crippen molar-refractivity contribution in [1.82, 2.24) is 5.32 Å². The summed E-state index contributed by atoms with van der Waals surface area (Å²) in [6.07, 6.45) is 6.33. The zero-order chi connectivity index (χ0) is 14.0. The topological polar surface area (TPSA) is 121 Å². The van der Waals surface area contributed by atoms with Crippen molar-refractivity contribution in [2.24, 2.45) is 33.7 Å². The predicted octanol–water partition coefficient (Wildman–Crippen LogP) is -0.212. The van der Waals surface area contributed by atoms with Gasteiger partial charge in [0.1, 0.15) is 0 Å². The van der Waals surface area contributed by atoms with Crippen LogP contribution in [0.3, 0.4) is 0 Å². The number of nitrogens with one attached hydrogen (secondary N) is 2. The highest BCUT2D eigenvalue weighted by Gasteiger charge is 2.57. The Morgan fingerprint density at radius 2 is 2.37 bits per heavy atom. The van der Waals surface area contributed by atoms with Crippen molar-refractivity contribution in [1.29, 1.82) is 5.41 Å². The third-order valence-corrected chi connectivity index (χ3v) is 4.19. The number of hydrogen-bond donors (Lipinski definition) is 5. The van der Waals surface area contributed by atoms with Crippen LogP contribution in [0.5, 0.6) is 0 Å². The Morgan fingerprint density at radius 3 is 2.95 bits per heavy atom. The predicted molar refractivity (Wildman–Crippen MR) is 75.9 cm³/mol. The van der Waals surface area contributed by atoms with Crippen molar-refractivity contribution < 1.29 is 5.11 Å². The van der Waals surface area contributed by atoms with Gasteiger partial charge < -0.3 is 16.2 Å². The van der Waals surface area contributed by atoms with Crippen molar-refractivity contribution in [3.05, 3.63) is 12.3 Å². The van der Waals surface area contributed by atoms with E-state index in [9.17, 15) is 0 Å². The van der Waals surface area contributed by atoms with Gasteiger partial charge in [-0.2, -0.15) is 0 Å². The molecule has 0 amide bonds. The molecule has 7 N–H and O–H groups in total. The number of aliphatic imine (C=N–C) groups is 1. The van der Waals surface area contributed by atoms with Gasteiger partial charge in [0, 0.05) is 48.0 Å². The van der Waals surface area contributed by atoms with Crippen LogP contribution >= 0.6 is 0 Å². The molecule has 1 aliphatic heterocycles.